The van der Waals surface area contributed by atoms with E-state index in [0.29, 0.717) is 5.56 Å². The van der Waals surface area contributed by atoms with Gasteiger partial charge in [-0.1, -0.05) is 23.4 Å². The number of benzene rings is 1. The van der Waals surface area contributed by atoms with E-state index >= 15 is 0 Å². The molecule has 0 saturated carbocycles. The second-order valence-corrected chi connectivity index (χ2v) is 6.80. The van der Waals surface area contributed by atoms with Crippen molar-refractivity contribution in [3.05, 3.63) is 59.0 Å². The molecule has 134 valence electrons. The van der Waals surface area contributed by atoms with Crippen LogP contribution in [-0.4, -0.2) is 32.7 Å². The largest absolute Gasteiger partial charge is 0.356 e. The van der Waals surface area contributed by atoms with E-state index in [1.165, 1.54) is 0 Å². The van der Waals surface area contributed by atoms with Gasteiger partial charge in [-0.15, -0.1) is 0 Å². The summed E-state index contributed by atoms with van der Waals surface area (Å²) in [6, 6.07) is 9.41. The molecule has 1 fully saturated rings. The van der Waals surface area contributed by atoms with Crippen molar-refractivity contribution in [2.75, 3.05) is 6.54 Å². The van der Waals surface area contributed by atoms with Crippen molar-refractivity contribution in [3.8, 4) is 11.3 Å². The number of nitrogens with one attached hydrogen (secondary N) is 1. The maximum atomic E-state index is 13.1. The van der Waals surface area contributed by atoms with Crippen LogP contribution in [-0.2, 0) is 0 Å². The van der Waals surface area contributed by atoms with Crippen LogP contribution in [0.2, 0.25) is 0 Å². The molecule has 0 spiro atoms. The number of hydrogen-bond acceptors (Lipinski definition) is 4. The Labute approximate surface area is 152 Å². The molecule has 1 aromatic carbocycles. The first kappa shape index (κ1) is 16.6. The molecule has 2 aromatic heterocycles. The first-order valence-corrected chi connectivity index (χ1v) is 8.99. The molecule has 1 atom stereocenters. The lowest BCUT2D eigenvalue weighted by Gasteiger charge is -2.35. The number of aromatic nitrogens is 3. The summed E-state index contributed by atoms with van der Waals surface area (Å²) >= 11 is 0. The molecular formula is C20H22N4O2. The third-order valence-electron chi connectivity index (χ3n) is 5.19. The van der Waals surface area contributed by atoms with Crippen molar-refractivity contribution < 1.29 is 9.32 Å². The molecule has 3 aromatic rings. The lowest BCUT2D eigenvalue weighted by molar-refractivity contribution is 0.0606. The van der Waals surface area contributed by atoms with Gasteiger partial charge in [-0.05, 0) is 45.2 Å². The molecule has 1 aliphatic rings. The smallest absolute Gasteiger partial charge is 0.254 e. The summed E-state index contributed by atoms with van der Waals surface area (Å²) in [4.78, 5) is 15.0. The Kier molecular flexibility index (Phi) is 4.32. The summed E-state index contributed by atoms with van der Waals surface area (Å²) < 4.78 is 5.54. The van der Waals surface area contributed by atoms with E-state index in [9.17, 15) is 4.79 Å². The van der Waals surface area contributed by atoms with Crippen molar-refractivity contribution in [3.63, 3.8) is 0 Å². The van der Waals surface area contributed by atoms with Crippen molar-refractivity contribution in [1.82, 2.24) is 20.3 Å². The maximum Gasteiger partial charge on any atom is 0.254 e. The highest BCUT2D eigenvalue weighted by atomic mass is 16.5. The van der Waals surface area contributed by atoms with Crippen LogP contribution in [0.15, 0.2) is 41.1 Å². The highest BCUT2D eigenvalue weighted by Crippen LogP contribution is 2.37. The number of rotatable bonds is 3. The molecule has 26 heavy (non-hydrogen) atoms. The van der Waals surface area contributed by atoms with Crippen LogP contribution in [0.3, 0.4) is 0 Å². The van der Waals surface area contributed by atoms with Crippen molar-refractivity contribution in [2.24, 2.45) is 0 Å². The van der Waals surface area contributed by atoms with Crippen LogP contribution < -0.4 is 0 Å². The number of likely N-dealkylation sites (tertiary alicyclic amines) is 1. The zero-order chi connectivity index (χ0) is 18.1. The van der Waals surface area contributed by atoms with Crippen LogP contribution in [0.25, 0.3) is 11.3 Å². The topological polar surface area (TPSA) is 75.0 Å². The Hall–Kier alpha value is -2.89. The number of aromatic amines is 1. The quantitative estimate of drug-likeness (QED) is 0.773. The maximum absolute atomic E-state index is 13.1. The number of carbonyl (C=O) groups excluding carboxylic acids is 1. The molecule has 1 N–H and O–H groups in total. The fourth-order valence-electron chi connectivity index (χ4n) is 3.62. The molecule has 6 heteroatoms. The van der Waals surface area contributed by atoms with E-state index in [2.05, 4.69) is 15.4 Å². The van der Waals surface area contributed by atoms with Gasteiger partial charge < -0.3 is 9.42 Å². The molecule has 3 heterocycles. The molecule has 0 aliphatic carbocycles. The molecule has 0 unspecified atom stereocenters. The van der Waals surface area contributed by atoms with Crippen LogP contribution in [0.5, 0.6) is 0 Å². The monoisotopic (exact) mass is 350 g/mol. The van der Waals surface area contributed by atoms with Crippen LogP contribution >= 0.6 is 0 Å². The van der Waals surface area contributed by atoms with Gasteiger partial charge in [-0.2, -0.15) is 5.10 Å². The van der Waals surface area contributed by atoms with Crippen LogP contribution in [0, 0.1) is 13.8 Å². The number of amides is 1. The fraction of sp³-hybridized carbons (Fsp3) is 0.350. The zero-order valence-corrected chi connectivity index (χ0v) is 15.0. The Morgan fingerprint density at radius 1 is 1.23 bits per heavy atom. The average molecular weight is 350 g/mol. The molecule has 1 aliphatic heterocycles. The standard InChI is InChI=1S/C20H22N4O2/c1-13-14(2)23-26-19(13)16-12-21-22-18(16)17-10-6-7-11-24(17)20(25)15-8-4-3-5-9-15/h3-5,8-9,12,17H,6-7,10-11H2,1-2H3,(H,21,22)/t17-/m1/s1. The lowest BCUT2D eigenvalue weighted by Crippen LogP contribution is -2.38. The summed E-state index contributed by atoms with van der Waals surface area (Å²) in [5.74, 6) is 0.783. The molecule has 1 saturated heterocycles. The van der Waals surface area contributed by atoms with E-state index in [-0.39, 0.29) is 11.9 Å². The predicted octanol–water partition coefficient (Wildman–Crippen LogP) is 4.05. The van der Waals surface area contributed by atoms with E-state index in [1.807, 2.05) is 49.1 Å². The van der Waals surface area contributed by atoms with Crippen LogP contribution in [0.1, 0.15) is 52.6 Å². The van der Waals surface area contributed by atoms with Gasteiger partial charge in [0.25, 0.3) is 5.91 Å². The first-order chi connectivity index (χ1) is 12.7. The minimum absolute atomic E-state index is 0.0428. The van der Waals surface area contributed by atoms with Crippen molar-refractivity contribution in [2.45, 2.75) is 39.2 Å². The Morgan fingerprint density at radius 2 is 2.04 bits per heavy atom. The van der Waals surface area contributed by atoms with E-state index in [1.54, 1.807) is 6.20 Å². The van der Waals surface area contributed by atoms with E-state index in [0.717, 1.165) is 54.1 Å². The second-order valence-electron chi connectivity index (χ2n) is 6.80. The van der Waals surface area contributed by atoms with Crippen molar-refractivity contribution >= 4 is 5.91 Å². The number of aryl methyl sites for hydroxylation is 1. The Bertz CT molecular complexity index is 913. The van der Waals surface area contributed by atoms with Crippen LogP contribution in [0.4, 0.5) is 0 Å². The number of nitrogens with zero attached hydrogens (tertiary/aromatic N) is 3. The molecule has 4 rings (SSSR count). The number of carbonyl (C=O) groups is 1. The predicted molar refractivity (Wildman–Crippen MR) is 97.6 cm³/mol. The van der Waals surface area contributed by atoms with E-state index in [4.69, 9.17) is 4.52 Å². The van der Waals surface area contributed by atoms with Gasteiger partial charge in [0.2, 0.25) is 0 Å². The molecule has 1 amide bonds. The molecule has 6 nitrogen and oxygen atoms in total. The third-order valence-corrected chi connectivity index (χ3v) is 5.19. The Balaban J connectivity index is 1.71. The number of piperidine rings is 1. The van der Waals surface area contributed by atoms with Gasteiger partial charge in [0.15, 0.2) is 5.76 Å². The number of H-pyrrole nitrogens is 1. The summed E-state index contributed by atoms with van der Waals surface area (Å²) in [7, 11) is 0. The highest BCUT2D eigenvalue weighted by Gasteiger charge is 2.32. The van der Waals surface area contributed by atoms with Gasteiger partial charge in [-0.3, -0.25) is 9.89 Å². The summed E-state index contributed by atoms with van der Waals surface area (Å²) in [6.45, 7) is 4.66. The zero-order valence-electron chi connectivity index (χ0n) is 15.0. The van der Waals surface area contributed by atoms with E-state index < -0.39 is 0 Å². The van der Waals surface area contributed by atoms with Crippen molar-refractivity contribution in [1.29, 1.82) is 0 Å². The summed E-state index contributed by atoms with van der Waals surface area (Å²) in [6.07, 6.45) is 4.76. The fourth-order valence-corrected chi connectivity index (χ4v) is 3.62. The van der Waals surface area contributed by atoms with Gasteiger partial charge in [0.05, 0.1) is 29.2 Å². The number of hydrogen-bond donors (Lipinski definition) is 1. The van der Waals surface area contributed by atoms with Gasteiger partial charge >= 0.3 is 0 Å². The average Bonchev–Trinajstić information content (AvgIpc) is 3.29. The lowest BCUT2D eigenvalue weighted by atomic mass is 9.94. The SMILES string of the molecule is Cc1noc(-c2cn[nH]c2[C@H]2CCCCN2C(=O)c2ccccc2)c1C. The minimum atomic E-state index is -0.0428. The second kappa shape index (κ2) is 6.78. The Morgan fingerprint density at radius 3 is 2.77 bits per heavy atom. The normalized spacial score (nSPS) is 17.5. The minimum Gasteiger partial charge on any atom is -0.356 e. The summed E-state index contributed by atoms with van der Waals surface area (Å²) in [5.41, 5.74) is 4.40. The van der Waals surface area contributed by atoms with Gasteiger partial charge in [-0.25, -0.2) is 0 Å². The summed E-state index contributed by atoms with van der Waals surface area (Å²) in [5, 5.41) is 11.4. The van der Waals surface area contributed by atoms with Gasteiger partial charge in [0.1, 0.15) is 0 Å². The molecule has 0 radical (unpaired) electrons. The third kappa shape index (κ3) is 2.81. The molecule has 0 bridgehead atoms. The first-order valence-electron chi connectivity index (χ1n) is 8.99. The highest BCUT2D eigenvalue weighted by molar-refractivity contribution is 5.94. The van der Waals surface area contributed by atoms with Gasteiger partial charge in [0, 0.05) is 17.7 Å². The molecular weight excluding hydrogens is 328 g/mol.